The zero-order valence-electron chi connectivity index (χ0n) is 19.3. The number of hydrogen-bond acceptors (Lipinski definition) is 5. The van der Waals surface area contributed by atoms with Gasteiger partial charge in [0.05, 0.1) is 6.54 Å². The van der Waals surface area contributed by atoms with Gasteiger partial charge in [-0.05, 0) is 51.0 Å². The molecule has 1 aliphatic heterocycles. The molecule has 0 spiro atoms. The molecule has 1 aromatic heterocycles. The van der Waals surface area contributed by atoms with Gasteiger partial charge in [0.15, 0.2) is 5.78 Å². The molecular weight excluding hydrogens is 455 g/mol. The van der Waals surface area contributed by atoms with Crippen LogP contribution in [0.1, 0.15) is 40.7 Å². The van der Waals surface area contributed by atoms with Gasteiger partial charge in [-0.25, -0.2) is 4.79 Å². The zero-order valence-corrected chi connectivity index (χ0v) is 19.3. The molecule has 1 atom stereocenters. The van der Waals surface area contributed by atoms with E-state index in [9.17, 15) is 27.6 Å². The van der Waals surface area contributed by atoms with Gasteiger partial charge < -0.3 is 19.4 Å². The van der Waals surface area contributed by atoms with Crippen LogP contribution in [-0.4, -0.2) is 53.8 Å². The fourth-order valence-electron chi connectivity index (χ4n) is 4.05. The summed E-state index contributed by atoms with van der Waals surface area (Å²) in [6, 6.07) is 5.60. The smallest absolute Gasteiger partial charge is 0.406 e. The maximum Gasteiger partial charge on any atom is 0.573 e. The Morgan fingerprint density at radius 1 is 1.15 bits per heavy atom. The summed E-state index contributed by atoms with van der Waals surface area (Å²) < 4.78 is 48.1. The van der Waals surface area contributed by atoms with Crippen molar-refractivity contribution in [1.82, 2.24) is 14.8 Å². The number of ketones is 1. The Kier molecular flexibility index (Phi) is 7.06. The normalized spacial score (nSPS) is 18.4. The number of aryl methyl sites for hydroxylation is 1. The Balaban J connectivity index is 1.76. The van der Waals surface area contributed by atoms with Crippen LogP contribution in [-0.2, 0) is 21.6 Å². The molecule has 8 nitrogen and oxygen atoms in total. The molecule has 2 aromatic rings. The number of aromatic nitrogens is 1. The number of methoxy groups -OCH3 is 1. The zero-order chi connectivity index (χ0) is 25.3. The second-order valence-corrected chi connectivity index (χ2v) is 8.22. The molecule has 1 aliphatic rings. The van der Waals surface area contributed by atoms with Crippen LogP contribution in [0, 0.1) is 13.8 Å². The second kappa shape index (κ2) is 9.49. The number of ether oxygens (including phenoxy) is 2. The summed E-state index contributed by atoms with van der Waals surface area (Å²) in [4.78, 5) is 39.5. The van der Waals surface area contributed by atoms with Crippen molar-refractivity contribution < 1.29 is 37.0 Å². The largest absolute Gasteiger partial charge is 0.573 e. The Bertz CT molecular complexity index is 1090. The lowest BCUT2D eigenvalue weighted by atomic mass is 9.92. The number of nitrogens with one attached hydrogen (secondary N) is 1. The SMILES string of the molecule is COCCCn1c(C)cc(C(=O)CN2C(=O)NC(C)(c3ccc(OC(F)(F)F)cc3)C2=O)c1C. The van der Waals surface area contributed by atoms with Crippen LogP contribution in [0.25, 0.3) is 0 Å². The summed E-state index contributed by atoms with van der Waals surface area (Å²) in [5.41, 5.74) is 0.740. The Labute approximate surface area is 194 Å². The topological polar surface area (TPSA) is 89.9 Å². The lowest BCUT2D eigenvalue weighted by Crippen LogP contribution is -2.41. The van der Waals surface area contributed by atoms with E-state index in [1.165, 1.54) is 19.1 Å². The molecule has 3 amide bonds. The van der Waals surface area contributed by atoms with Gasteiger partial charge in [-0.1, -0.05) is 12.1 Å². The average Bonchev–Trinajstić information content (AvgIpc) is 3.15. The van der Waals surface area contributed by atoms with Gasteiger partial charge >= 0.3 is 12.4 Å². The molecule has 0 radical (unpaired) electrons. The molecule has 1 fully saturated rings. The number of rotatable bonds is 9. The minimum atomic E-state index is -4.85. The highest BCUT2D eigenvalue weighted by atomic mass is 19.4. The van der Waals surface area contributed by atoms with Gasteiger partial charge in [0, 0.05) is 37.2 Å². The summed E-state index contributed by atoms with van der Waals surface area (Å²) in [6.07, 6.45) is -4.09. The number of amides is 3. The van der Waals surface area contributed by atoms with E-state index in [1.54, 1.807) is 20.1 Å². The Morgan fingerprint density at radius 2 is 1.79 bits per heavy atom. The molecular formula is C23H26F3N3O5. The van der Waals surface area contributed by atoms with Crippen LogP contribution >= 0.6 is 0 Å². The third-order valence-electron chi connectivity index (χ3n) is 5.85. The van der Waals surface area contributed by atoms with Gasteiger partial charge in [0.2, 0.25) is 0 Å². The maximum atomic E-state index is 13.1. The van der Waals surface area contributed by atoms with Gasteiger partial charge in [-0.15, -0.1) is 13.2 Å². The fraction of sp³-hybridized carbons (Fsp3) is 0.435. The number of imide groups is 1. The van der Waals surface area contributed by atoms with Crippen LogP contribution in [0.2, 0.25) is 0 Å². The number of nitrogens with zero attached hydrogens (tertiary/aromatic N) is 2. The van der Waals surface area contributed by atoms with Crippen molar-refractivity contribution in [2.45, 2.75) is 45.6 Å². The highest BCUT2D eigenvalue weighted by Gasteiger charge is 2.49. The molecule has 0 aliphatic carbocycles. The van der Waals surface area contributed by atoms with Crippen molar-refractivity contribution in [3.63, 3.8) is 0 Å². The predicted octanol–water partition coefficient (Wildman–Crippen LogP) is 3.69. The number of urea groups is 1. The molecule has 2 heterocycles. The van der Waals surface area contributed by atoms with E-state index in [4.69, 9.17) is 4.74 Å². The molecule has 3 rings (SSSR count). The molecule has 0 bridgehead atoms. The van der Waals surface area contributed by atoms with Gasteiger partial charge in [-0.3, -0.25) is 14.5 Å². The van der Waals surface area contributed by atoms with E-state index >= 15 is 0 Å². The molecule has 11 heteroatoms. The monoisotopic (exact) mass is 481 g/mol. The number of hydrogen-bond donors (Lipinski definition) is 1. The van der Waals surface area contributed by atoms with Crippen molar-refractivity contribution in [1.29, 1.82) is 0 Å². The van der Waals surface area contributed by atoms with Crippen molar-refractivity contribution in [3.8, 4) is 5.75 Å². The summed E-state index contributed by atoms with van der Waals surface area (Å²) in [7, 11) is 1.61. The Hall–Kier alpha value is -3.34. The number of halogens is 3. The lowest BCUT2D eigenvalue weighted by Gasteiger charge is -2.22. The first-order valence-corrected chi connectivity index (χ1v) is 10.6. The van der Waals surface area contributed by atoms with Crippen LogP contribution in [0.5, 0.6) is 5.75 Å². The molecule has 1 aromatic carbocycles. The molecule has 1 saturated heterocycles. The van der Waals surface area contributed by atoms with Gasteiger partial charge in [-0.2, -0.15) is 0 Å². The quantitative estimate of drug-likeness (QED) is 0.335. The van der Waals surface area contributed by atoms with Crippen LogP contribution in [0.4, 0.5) is 18.0 Å². The van der Waals surface area contributed by atoms with Gasteiger partial charge in [0.1, 0.15) is 11.3 Å². The third kappa shape index (κ3) is 5.09. The van der Waals surface area contributed by atoms with Crippen molar-refractivity contribution in [3.05, 3.63) is 52.8 Å². The van der Waals surface area contributed by atoms with Crippen molar-refractivity contribution >= 4 is 17.7 Å². The molecule has 0 saturated carbocycles. The van der Waals surface area contributed by atoms with E-state index in [2.05, 4.69) is 10.1 Å². The number of benzene rings is 1. The maximum absolute atomic E-state index is 13.1. The number of Topliss-reactive ketones (excluding diaryl/α,β-unsaturated/α-hetero) is 1. The first kappa shape index (κ1) is 25.3. The summed E-state index contributed by atoms with van der Waals surface area (Å²) in [5, 5.41) is 2.54. The lowest BCUT2D eigenvalue weighted by molar-refractivity contribution is -0.274. The summed E-state index contributed by atoms with van der Waals surface area (Å²) in [5.74, 6) is -1.53. The molecule has 1 N–H and O–H groups in total. The average molecular weight is 481 g/mol. The number of carbonyl (C=O) groups is 3. The predicted molar refractivity (Wildman–Crippen MR) is 115 cm³/mol. The summed E-state index contributed by atoms with van der Waals surface area (Å²) in [6.45, 7) is 5.87. The van der Waals surface area contributed by atoms with Crippen LogP contribution in [0.15, 0.2) is 30.3 Å². The van der Waals surface area contributed by atoms with Gasteiger partial charge in [0.25, 0.3) is 5.91 Å². The highest BCUT2D eigenvalue weighted by molar-refractivity contribution is 6.11. The Morgan fingerprint density at radius 3 is 2.38 bits per heavy atom. The minimum Gasteiger partial charge on any atom is -0.406 e. The third-order valence-corrected chi connectivity index (χ3v) is 5.85. The van der Waals surface area contributed by atoms with E-state index in [0.29, 0.717) is 18.7 Å². The van der Waals surface area contributed by atoms with Crippen molar-refractivity contribution in [2.75, 3.05) is 20.3 Å². The first-order chi connectivity index (χ1) is 15.9. The molecule has 1 unspecified atom stereocenters. The standard InChI is InChI=1S/C23H26F3N3O5/c1-14-12-18(15(2)28(14)10-5-11-33-4)19(30)13-29-20(31)22(3,27-21(29)32)16-6-8-17(9-7-16)34-23(24,25)26/h6-9,12H,5,10-11,13H2,1-4H3,(H,27,32). The van der Waals surface area contributed by atoms with Crippen molar-refractivity contribution in [2.24, 2.45) is 0 Å². The van der Waals surface area contributed by atoms with E-state index in [-0.39, 0.29) is 5.56 Å². The highest BCUT2D eigenvalue weighted by Crippen LogP contribution is 2.31. The summed E-state index contributed by atoms with van der Waals surface area (Å²) >= 11 is 0. The number of carbonyl (C=O) groups excluding carboxylic acids is 3. The van der Waals surface area contributed by atoms with E-state index < -0.39 is 41.9 Å². The van der Waals surface area contributed by atoms with E-state index in [1.807, 2.05) is 11.5 Å². The van der Waals surface area contributed by atoms with Crippen LogP contribution in [0.3, 0.4) is 0 Å². The minimum absolute atomic E-state index is 0.256. The molecule has 34 heavy (non-hydrogen) atoms. The second-order valence-electron chi connectivity index (χ2n) is 8.22. The number of alkyl halides is 3. The van der Waals surface area contributed by atoms with Crippen LogP contribution < -0.4 is 10.1 Å². The van der Waals surface area contributed by atoms with E-state index in [0.717, 1.165) is 34.8 Å². The fourth-order valence-corrected chi connectivity index (χ4v) is 4.05. The first-order valence-electron chi connectivity index (χ1n) is 10.6. The molecule has 184 valence electrons.